The lowest BCUT2D eigenvalue weighted by Gasteiger charge is -2.28. The molecule has 1 N–H and O–H groups in total. The Morgan fingerprint density at radius 1 is 1.38 bits per heavy atom. The summed E-state index contributed by atoms with van der Waals surface area (Å²) in [6.07, 6.45) is 3.36. The predicted molar refractivity (Wildman–Crippen MR) is 68.0 cm³/mol. The highest BCUT2D eigenvalue weighted by atomic mass is 16.3. The Kier molecular flexibility index (Phi) is 3.49. The monoisotopic (exact) mass is 219 g/mol. The van der Waals surface area contributed by atoms with E-state index in [4.69, 9.17) is 5.11 Å². The SMILES string of the molecule is Cc1ccc(N2CCCC2CCO)c(C)c1. The summed E-state index contributed by atoms with van der Waals surface area (Å²) in [5.74, 6) is 0. The van der Waals surface area contributed by atoms with Gasteiger partial charge in [-0.1, -0.05) is 17.7 Å². The first-order valence-electron chi connectivity index (χ1n) is 6.17. The summed E-state index contributed by atoms with van der Waals surface area (Å²) in [5.41, 5.74) is 4.02. The third kappa shape index (κ3) is 2.22. The molecule has 0 aromatic heterocycles. The van der Waals surface area contributed by atoms with Crippen molar-refractivity contribution in [1.29, 1.82) is 0 Å². The Balaban J connectivity index is 2.22. The van der Waals surface area contributed by atoms with E-state index in [1.54, 1.807) is 0 Å². The van der Waals surface area contributed by atoms with Crippen molar-refractivity contribution >= 4 is 5.69 Å². The van der Waals surface area contributed by atoms with Crippen LogP contribution in [0.15, 0.2) is 18.2 Å². The Hall–Kier alpha value is -1.02. The summed E-state index contributed by atoms with van der Waals surface area (Å²) >= 11 is 0. The van der Waals surface area contributed by atoms with E-state index in [2.05, 4.69) is 36.9 Å². The Morgan fingerprint density at radius 3 is 2.88 bits per heavy atom. The first kappa shape index (κ1) is 11.5. The largest absolute Gasteiger partial charge is 0.396 e. The number of aryl methyl sites for hydroxylation is 2. The van der Waals surface area contributed by atoms with Gasteiger partial charge in [0.05, 0.1) is 0 Å². The molecule has 2 heteroatoms. The molecule has 1 aliphatic rings. The predicted octanol–water partition coefficient (Wildman–Crippen LogP) is 2.65. The first-order valence-corrected chi connectivity index (χ1v) is 6.17. The summed E-state index contributed by atoms with van der Waals surface area (Å²) in [7, 11) is 0. The maximum absolute atomic E-state index is 9.08. The van der Waals surface area contributed by atoms with Gasteiger partial charge in [-0.15, -0.1) is 0 Å². The van der Waals surface area contributed by atoms with E-state index in [1.807, 2.05) is 0 Å². The van der Waals surface area contributed by atoms with Crippen LogP contribution in [-0.2, 0) is 0 Å². The van der Waals surface area contributed by atoms with Crippen LogP contribution in [0.5, 0.6) is 0 Å². The normalized spacial score (nSPS) is 20.4. The molecule has 1 aliphatic heterocycles. The molecule has 2 rings (SSSR count). The minimum absolute atomic E-state index is 0.298. The molecule has 1 fully saturated rings. The van der Waals surface area contributed by atoms with Crippen molar-refractivity contribution in [3.63, 3.8) is 0 Å². The molecule has 0 amide bonds. The van der Waals surface area contributed by atoms with Crippen molar-refractivity contribution in [2.45, 2.75) is 39.2 Å². The van der Waals surface area contributed by atoms with Crippen LogP contribution in [0.4, 0.5) is 5.69 Å². The maximum Gasteiger partial charge on any atom is 0.0450 e. The number of aliphatic hydroxyl groups excluding tert-OH is 1. The van der Waals surface area contributed by atoms with Crippen molar-refractivity contribution in [2.75, 3.05) is 18.1 Å². The van der Waals surface area contributed by atoms with Crippen molar-refractivity contribution in [1.82, 2.24) is 0 Å². The fourth-order valence-corrected chi connectivity index (χ4v) is 2.73. The Bertz CT molecular complexity index is 362. The van der Waals surface area contributed by atoms with Crippen LogP contribution in [0.25, 0.3) is 0 Å². The quantitative estimate of drug-likeness (QED) is 0.845. The van der Waals surface area contributed by atoms with Gasteiger partial charge in [-0.3, -0.25) is 0 Å². The molecule has 0 bridgehead atoms. The van der Waals surface area contributed by atoms with E-state index in [0.29, 0.717) is 12.6 Å². The molecule has 0 spiro atoms. The first-order chi connectivity index (χ1) is 7.72. The van der Waals surface area contributed by atoms with Crippen LogP contribution in [0.1, 0.15) is 30.4 Å². The summed E-state index contributed by atoms with van der Waals surface area (Å²) in [6.45, 7) is 5.74. The third-order valence-electron chi connectivity index (χ3n) is 3.50. The number of hydrogen-bond donors (Lipinski definition) is 1. The van der Waals surface area contributed by atoms with Gasteiger partial charge in [-0.25, -0.2) is 0 Å². The van der Waals surface area contributed by atoms with Crippen LogP contribution in [0.3, 0.4) is 0 Å². The molecule has 1 saturated heterocycles. The Morgan fingerprint density at radius 2 is 2.19 bits per heavy atom. The number of nitrogens with zero attached hydrogens (tertiary/aromatic N) is 1. The molecular formula is C14H21NO. The number of anilines is 1. The smallest absolute Gasteiger partial charge is 0.0450 e. The second kappa shape index (κ2) is 4.88. The van der Waals surface area contributed by atoms with E-state index in [1.165, 1.54) is 29.7 Å². The number of rotatable bonds is 3. The number of aliphatic hydroxyl groups is 1. The number of hydrogen-bond acceptors (Lipinski definition) is 2. The van der Waals surface area contributed by atoms with Gasteiger partial charge in [-0.05, 0) is 44.7 Å². The van der Waals surface area contributed by atoms with E-state index in [-0.39, 0.29) is 0 Å². The molecule has 1 aromatic carbocycles. The standard InChI is InChI=1S/C14H21NO/c1-11-5-6-14(12(2)10-11)15-8-3-4-13(15)7-9-16/h5-6,10,13,16H,3-4,7-9H2,1-2H3. The maximum atomic E-state index is 9.08. The minimum atomic E-state index is 0.298. The molecule has 1 unspecified atom stereocenters. The van der Waals surface area contributed by atoms with Gasteiger partial charge in [0.2, 0.25) is 0 Å². The zero-order chi connectivity index (χ0) is 11.5. The number of benzene rings is 1. The molecular weight excluding hydrogens is 198 g/mol. The molecule has 16 heavy (non-hydrogen) atoms. The van der Waals surface area contributed by atoms with Crippen LogP contribution >= 0.6 is 0 Å². The van der Waals surface area contributed by atoms with Crippen LogP contribution < -0.4 is 4.90 Å². The van der Waals surface area contributed by atoms with Gasteiger partial charge in [0.15, 0.2) is 0 Å². The van der Waals surface area contributed by atoms with Gasteiger partial charge in [0, 0.05) is 24.9 Å². The third-order valence-corrected chi connectivity index (χ3v) is 3.50. The summed E-state index contributed by atoms with van der Waals surface area (Å²) < 4.78 is 0. The highest BCUT2D eigenvalue weighted by molar-refractivity contribution is 5.55. The second-order valence-electron chi connectivity index (χ2n) is 4.79. The van der Waals surface area contributed by atoms with Gasteiger partial charge in [0.25, 0.3) is 0 Å². The highest BCUT2D eigenvalue weighted by Gasteiger charge is 2.24. The van der Waals surface area contributed by atoms with Crippen molar-refractivity contribution in [3.8, 4) is 0 Å². The van der Waals surface area contributed by atoms with Crippen molar-refractivity contribution in [3.05, 3.63) is 29.3 Å². The fourth-order valence-electron chi connectivity index (χ4n) is 2.73. The minimum Gasteiger partial charge on any atom is -0.396 e. The lowest BCUT2D eigenvalue weighted by molar-refractivity contribution is 0.276. The molecule has 1 atom stereocenters. The molecule has 0 aliphatic carbocycles. The zero-order valence-corrected chi connectivity index (χ0v) is 10.2. The van der Waals surface area contributed by atoms with Crippen molar-refractivity contribution in [2.24, 2.45) is 0 Å². The van der Waals surface area contributed by atoms with Crippen LogP contribution in [0, 0.1) is 13.8 Å². The fraction of sp³-hybridized carbons (Fsp3) is 0.571. The van der Waals surface area contributed by atoms with Crippen molar-refractivity contribution < 1.29 is 5.11 Å². The Labute approximate surface area is 97.9 Å². The molecule has 1 heterocycles. The van der Waals surface area contributed by atoms with Gasteiger partial charge < -0.3 is 10.0 Å². The van der Waals surface area contributed by atoms with Gasteiger partial charge in [-0.2, -0.15) is 0 Å². The molecule has 0 radical (unpaired) electrons. The molecule has 0 saturated carbocycles. The molecule has 88 valence electrons. The average molecular weight is 219 g/mol. The van der Waals surface area contributed by atoms with E-state index >= 15 is 0 Å². The zero-order valence-electron chi connectivity index (χ0n) is 10.2. The van der Waals surface area contributed by atoms with Crippen LogP contribution in [-0.4, -0.2) is 24.3 Å². The van der Waals surface area contributed by atoms with E-state index in [9.17, 15) is 0 Å². The van der Waals surface area contributed by atoms with E-state index in [0.717, 1.165) is 13.0 Å². The summed E-state index contributed by atoms with van der Waals surface area (Å²) in [5, 5.41) is 9.08. The van der Waals surface area contributed by atoms with E-state index < -0.39 is 0 Å². The second-order valence-corrected chi connectivity index (χ2v) is 4.79. The van der Waals surface area contributed by atoms with Crippen LogP contribution in [0.2, 0.25) is 0 Å². The lowest BCUT2D eigenvalue weighted by Crippen LogP contribution is -2.30. The van der Waals surface area contributed by atoms with Gasteiger partial charge >= 0.3 is 0 Å². The highest BCUT2D eigenvalue weighted by Crippen LogP contribution is 2.30. The molecule has 2 nitrogen and oxygen atoms in total. The average Bonchev–Trinajstić information content (AvgIpc) is 2.67. The molecule has 1 aromatic rings. The lowest BCUT2D eigenvalue weighted by atomic mass is 10.1. The topological polar surface area (TPSA) is 23.5 Å². The summed E-state index contributed by atoms with van der Waals surface area (Å²) in [4.78, 5) is 2.46. The van der Waals surface area contributed by atoms with Gasteiger partial charge in [0.1, 0.15) is 0 Å². The summed E-state index contributed by atoms with van der Waals surface area (Å²) in [6, 6.07) is 7.17.